The molecule has 0 aliphatic heterocycles. The summed E-state index contributed by atoms with van der Waals surface area (Å²) < 4.78 is 12.6. The molecule has 2 aromatic heterocycles. The largest absolute Gasteiger partial charge is 0.497 e. The Morgan fingerprint density at radius 3 is 2.75 bits per heavy atom. The molecule has 0 unspecified atom stereocenters. The van der Waals surface area contributed by atoms with Crippen LogP contribution in [0.15, 0.2) is 29.0 Å². The van der Waals surface area contributed by atoms with Crippen LogP contribution in [0.5, 0.6) is 11.5 Å². The molecule has 0 aliphatic rings. The molecule has 0 fully saturated rings. The summed E-state index contributed by atoms with van der Waals surface area (Å²) in [4.78, 5) is 21.1. The summed E-state index contributed by atoms with van der Waals surface area (Å²) in [6.07, 6.45) is 0.489. The molecule has 0 saturated carbocycles. The lowest BCUT2D eigenvalue weighted by atomic mass is 10.2. The Labute approximate surface area is 169 Å². The van der Waals surface area contributed by atoms with Gasteiger partial charge in [-0.25, -0.2) is 19.2 Å². The van der Waals surface area contributed by atoms with E-state index in [4.69, 9.17) is 9.47 Å². The highest BCUT2D eigenvalue weighted by atomic mass is 79.9. The normalized spacial score (nSPS) is 10.7. The van der Waals surface area contributed by atoms with Gasteiger partial charge in [-0.2, -0.15) is 4.98 Å². The number of rotatable bonds is 7. The van der Waals surface area contributed by atoms with Crippen molar-refractivity contribution in [2.24, 2.45) is 0 Å². The van der Waals surface area contributed by atoms with Crippen molar-refractivity contribution < 1.29 is 19.4 Å². The Morgan fingerprint density at radius 2 is 2.11 bits per heavy atom. The van der Waals surface area contributed by atoms with E-state index < -0.39 is 6.09 Å². The first-order chi connectivity index (χ1) is 13.5. The minimum absolute atomic E-state index is 0.0833. The molecular formula is C17H19BrN6O4. The van der Waals surface area contributed by atoms with E-state index in [0.717, 1.165) is 10.5 Å². The second kappa shape index (κ2) is 8.30. The number of ether oxygens (including phenoxy) is 2. The van der Waals surface area contributed by atoms with E-state index in [1.165, 1.54) is 4.52 Å². The molecule has 0 spiro atoms. The summed E-state index contributed by atoms with van der Waals surface area (Å²) in [5, 5.41) is 16.7. The van der Waals surface area contributed by atoms with Gasteiger partial charge in [-0.3, -0.25) is 0 Å². The molecule has 3 rings (SSSR count). The average molecular weight is 451 g/mol. The highest BCUT2D eigenvalue weighted by Gasteiger charge is 2.20. The van der Waals surface area contributed by atoms with E-state index in [0.29, 0.717) is 34.1 Å². The van der Waals surface area contributed by atoms with Crippen LogP contribution in [0.2, 0.25) is 0 Å². The third-order valence-corrected chi connectivity index (χ3v) is 4.39. The van der Waals surface area contributed by atoms with Crippen LogP contribution in [-0.4, -0.2) is 51.5 Å². The van der Waals surface area contributed by atoms with Crippen LogP contribution < -0.4 is 19.7 Å². The van der Waals surface area contributed by atoms with Gasteiger partial charge >= 0.3 is 6.09 Å². The fourth-order valence-corrected chi connectivity index (χ4v) is 2.99. The zero-order valence-electron chi connectivity index (χ0n) is 15.5. The maximum absolute atomic E-state index is 11.4. The lowest BCUT2D eigenvalue weighted by Crippen LogP contribution is -2.29. The van der Waals surface area contributed by atoms with Gasteiger partial charge < -0.3 is 19.9 Å². The van der Waals surface area contributed by atoms with Crippen LogP contribution in [0.1, 0.15) is 12.5 Å². The minimum Gasteiger partial charge on any atom is -0.497 e. The van der Waals surface area contributed by atoms with Gasteiger partial charge in [0.25, 0.3) is 5.95 Å². The fourth-order valence-electron chi connectivity index (χ4n) is 2.62. The van der Waals surface area contributed by atoms with Gasteiger partial charge in [0.1, 0.15) is 16.1 Å². The Hall–Kier alpha value is -3.08. The first kappa shape index (κ1) is 19.7. The van der Waals surface area contributed by atoms with Crippen LogP contribution in [0.25, 0.3) is 5.65 Å². The smallest absolute Gasteiger partial charge is 0.414 e. The van der Waals surface area contributed by atoms with E-state index in [9.17, 15) is 9.90 Å². The average Bonchev–Trinajstić information content (AvgIpc) is 3.09. The molecule has 148 valence electrons. The summed E-state index contributed by atoms with van der Waals surface area (Å²) in [7, 11) is 3.18. The first-order valence-electron chi connectivity index (χ1n) is 8.35. The lowest BCUT2D eigenvalue weighted by molar-refractivity contribution is 0.202. The maximum atomic E-state index is 11.4. The molecule has 1 aromatic carbocycles. The quantitative estimate of drug-likeness (QED) is 0.564. The Balaban J connectivity index is 1.93. The standard InChI is InChI=1S/C17H19BrN6O4/c1-4-23(17(25)26)16-21-15-14(20-13(18)9-24(15)22-16)19-8-10-5-6-11(27-2)7-12(10)28-3/h5-7,9H,4,8H2,1-3H3,(H,19,20)(H,25,26). The number of nitrogens with one attached hydrogen (secondary N) is 1. The molecule has 11 heteroatoms. The molecule has 0 saturated heterocycles. The van der Waals surface area contributed by atoms with Gasteiger partial charge in [0.05, 0.1) is 20.4 Å². The zero-order valence-corrected chi connectivity index (χ0v) is 17.1. The molecule has 0 atom stereocenters. The van der Waals surface area contributed by atoms with Crippen LogP contribution in [0.4, 0.5) is 16.6 Å². The van der Waals surface area contributed by atoms with Crippen molar-refractivity contribution in [3.8, 4) is 11.5 Å². The number of hydrogen-bond donors (Lipinski definition) is 2. The monoisotopic (exact) mass is 450 g/mol. The van der Waals surface area contributed by atoms with Crippen molar-refractivity contribution in [3.05, 3.63) is 34.6 Å². The highest BCUT2D eigenvalue weighted by Crippen LogP contribution is 2.26. The van der Waals surface area contributed by atoms with E-state index in [1.54, 1.807) is 33.4 Å². The topological polar surface area (TPSA) is 114 Å². The number of fused-ring (bicyclic) bond motifs is 1. The van der Waals surface area contributed by atoms with Gasteiger partial charge in [0.15, 0.2) is 11.5 Å². The van der Waals surface area contributed by atoms with Crippen molar-refractivity contribution in [1.82, 2.24) is 19.6 Å². The minimum atomic E-state index is -1.12. The second-order valence-corrected chi connectivity index (χ2v) is 6.46. The molecule has 1 amide bonds. The SMILES string of the molecule is CCN(C(=O)O)c1nc2c(NCc3ccc(OC)cc3OC)nc(Br)cn2n1. The summed E-state index contributed by atoms with van der Waals surface area (Å²) in [5.74, 6) is 1.90. The Morgan fingerprint density at radius 1 is 1.32 bits per heavy atom. The third kappa shape index (κ3) is 3.93. The van der Waals surface area contributed by atoms with Crippen molar-refractivity contribution in [1.29, 1.82) is 0 Å². The summed E-state index contributed by atoms with van der Waals surface area (Å²) in [5.41, 5.74) is 1.30. The molecule has 2 heterocycles. The highest BCUT2D eigenvalue weighted by molar-refractivity contribution is 9.10. The van der Waals surface area contributed by atoms with Crippen molar-refractivity contribution in [3.63, 3.8) is 0 Å². The summed E-state index contributed by atoms with van der Waals surface area (Å²) >= 11 is 3.34. The first-order valence-corrected chi connectivity index (χ1v) is 9.14. The predicted octanol–water partition coefficient (Wildman–Crippen LogP) is 3.02. The van der Waals surface area contributed by atoms with E-state index in [2.05, 4.69) is 36.3 Å². The summed E-state index contributed by atoms with van der Waals surface area (Å²) in [6.45, 7) is 2.35. The van der Waals surface area contributed by atoms with E-state index in [1.807, 2.05) is 12.1 Å². The van der Waals surface area contributed by atoms with Gasteiger partial charge in [0.2, 0.25) is 0 Å². The molecule has 10 nitrogen and oxygen atoms in total. The Kier molecular flexibility index (Phi) is 5.83. The molecule has 28 heavy (non-hydrogen) atoms. The Bertz CT molecular complexity index is 1010. The molecule has 2 N–H and O–H groups in total. The number of methoxy groups -OCH3 is 2. The number of anilines is 2. The van der Waals surface area contributed by atoms with Crippen molar-refractivity contribution >= 4 is 39.4 Å². The molecular weight excluding hydrogens is 432 g/mol. The maximum Gasteiger partial charge on any atom is 0.414 e. The van der Waals surface area contributed by atoms with Gasteiger partial charge in [-0.1, -0.05) is 0 Å². The van der Waals surface area contributed by atoms with Gasteiger partial charge in [-0.15, -0.1) is 5.10 Å². The van der Waals surface area contributed by atoms with E-state index >= 15 is 0 Å². The number of halogens is 1. The number of carbonyl (C=O) groups is 1. The number of amides is 1. The molecule has 0 aliphatic carbocycles. The van der Waals surface area contributed by atoms with Crippen LogP contribution in [-0.2, 0) is 6.54 Å². The second-order valence-electron chi connectivity index (χ2n) is 5.65. The number of aromatic nitrogens is 4. The van der Waals surface area contributed by atoms with Gasteiger partial charge in [-0.05, 0) is 35.0 Å². The van der Waals surface area contributed by atoms with E-state index in [-0.39, 0.29) is 12.5 Å². The van der Waals surface area contributed by atoms with Crippen LogP contribution in [0.3, 0.4) is 0 Å². The molecule has 0 radical (unpaired) electrons. The number of benzene rings is 1. The number of hydrogen-bond acceptors (Lipinski definition) is 7. The summed E-state index contributed by atoms with van der Waals surface area (Å²) in [6, 6.07) is 5.52. The fraction of sp³-hybridized carbons (Fsp3) is 0.294. The van der Waals surface area contributed by atoms with Crippen molar-refractivity contribution in [2.75, 3.05) is 31.0 Å². The number of nitrogens with zero attached hydrogens (tertiary/aromatic N) is 5. The van der Waals surface area contributed by atoms with Crippen LogP contribution in [0, 0.1) is 0 Å². The third-order valence-electron chi connectivity index (χ3n) is 4.01. The zero-order chi connectivity index (χ0) is 20.3. The van der Waals surface area contributed by atoms with Crippen molar-refractivity contribution in [2.45, 2.75) is 13.5 Å². The lowest BCUT2D eigenvalue weighted by Gasteiger charge is -2.12. The molecule has 0 bridgehead atoms. The van der Waals surface area contributed by atoms with Crippen LogP contribution >= 0.6 is 15.9 Å². The number of carboxylic acid groups (broad SMARTS) is 1. The predicted molar refractivity (Wildman–Crippen MR) is 106 cm³/mol. The molecule has 3 aromatic rings. The van der Waals surface area contributed by atoms with Gasteiger partial charge in [0, 0.05) is 24.7 Å².